The van der Waals surface area contributed by atoms with Gasteiger partial charge in [-0.05, 0) is 67.6 Å². The summed E-state index contributed by atoms with van der Waals surface area (Å²) in [5.74, 6) is 0.130. The number of rotatable bonds is 6. The number of hydrogen-bond donors (Lipinski definition) is 1. The van der Waals surface area contributed by atoms with Crippen LogP contribution in [-0.4, -0.2) is 28.9 Å². The third kappa shape index (κ3) is 4.96. The molecule has 0 aliphatic carbocycles. The van der Waals surface area contributed by atoms with Crippen LogP contribution in [-0.2, 0) is 9.53 Å². The lowest BCUT2D eigenvalue weighted by Crippen LogP contribution is -2.40. The monoisotopic (exact) mass is 668 g/mol. The molecule has 182 valence electrons. The summed E-state index contributed by atoms with van der Waals surface area (Å²) >= 11 is 6.67. The van der Waals surface area contributed by atoms with E-state index in [1.807, 2.05) is 53.8 Å². The van der Waals surface area contributed by atoms with Gasteiger partial charge in [-0.3, -0.25) is 9.36 Å². The molecule has 2 heterocycles. The van der Waals surface area contributed by atoms with E-state index in [2.05, 4.69) is 20.9 Å². The highest BCUT2D eigenvalue weighted by atomic mass is 127. The minimum absolute atomic E-state index is 0.0845. The molecule has 0 spiro atoms. The lowest BCUT2D eigenvalue weighted by atomic mass is 9.95. The molecule has 3 aromatic rings. The van der Waals surface area contributed by atoms with Crippen molar-refractivity contribution in [3.05, 3.63) is 86.5 Å². The van der Waals surface area contributed by atoms with E-state index in [0.717, 1.165) is 4.47 Å². The van der Waals surface area contributed by atoms with Crippen LogP contribution < -0.4 is 19.6 Å². The first-order valence-electron chi connectivity index (χ1n) is 10.9. The average Bonchev–Trinajstić information content (AvgIpc) is 3.11. The number of aromatic nitrogens is 1. The largest absolute Gasteiger partial charge is 0.506 e. The number of carbonyl (C=O) groups excluding carboxylic acids is 1. The van der Waals surface area contributed by atoms with Gasteiger partial charge in [-0.15, -0.1) is 0 Å². The van der Waals surface area contributed by atoms with Crippen LogP contribution >= 0.6 is 49.9 Å². The van der Waals surface area contributed by atoms with Gasteiger partial charge < -0.3 is 14.6 Å². The number of halogens is 2. The minimum Gasteiger partial charge on any atom is -0.506 e. The molecule has 1 aromatic heterocycles. The maximum absolute atomic E-state index is 13.8. The highest BCUT2D eigenvalue weighted by molar-refractivity contribution is 14.1. The molecule has 1 atom stereocenters. The highest BCUT2D eigenvalue weighted by Crippen LogP contribution is 2.36. The molecule has 0 amide bonds. The van der Waals surface area contributed by atoms with E-state index in [4.69, 9.17) is 9.47 Å². The van der Waals surface area contributed by atoms with Crippen LogP contribution in [0.3, 0.4) is 0 Å². The summed E-state index contributed by atoms with van der Waals surface area (Å²) in [6.45, 7) is 5.97. The Morgan fingerprint density at radius 2 is 2.03 bits per heavy atom. The van der Waals surface area contributed by atoms with Gasteiger partial charge in [-0.25, -0.2) is 9.79 Å². The van der Waals surface area contributed by atoms with Crippen molar-refractivity contribution in [2.24, 2.45) is 4.99 Å². The van der Waals surface area contributed by atoms with Gasteiger partial charge in [0.05, 0.1) is 32.6 Å². The Hall–Kier alpha value is -2.44. The summed E-state index contributed by atoms with van der Waals surface area (Å²) < 4.78 is 14.5. The Labute approximate surface area is 227 Å². The van der Waals surface area contributed by atoms with Crippen molar-refractivity contribution >= 4 is 61.9 Å². The van der Waals surface area contributed by atoms with E-state index in [-0.39, 0.29) is 23.5 Å². The van der Waals surface area contributed by atoms with E-state index in [1.165, 1.54) is 15.9 Å². The molecule has 10 heteroatoms. The number of carbonyl (C=O) groups is 1. The summed E-state index contributed by atoms with van der Waals surface area (Å²) in [5.41, 5.74) is 1.61. The smallest absolute Gasteiger partial charge is 0.338 e. The molecule has 7 nitrogen and oxygen atoms in total. The first kappa shape index (κ1) is 25.6. The maximum Gasteiger partial charge on any atom is 0.338 e. The quantitative estimate of drug-likeness (QED) is 0.313. The van der Waals surface area contributed by atoms with Crippen LogP contribution in [0.4, 0.5) is 0 Å². The number of aromatic hydroxyl groups is 1. The Kier molecular flexibility index (Phi) is 7.82. The molecular formula is C25H22BrIN2O5S. The second-order valence-corrected chi connectivity index (χ2v) is 10.7. The van der Waals surface area contributed by atoms with Gasteiger partial charge in [-0.1, -0.05) is 45.5 Å². The van der Waals surface area contributed by atoms with E-state index >= 15 is 0 Å². The zero-order valence-corrected chi connectivity index (χ0v) is 23.7. The minimum atomic E-state index is -0.772. The topological polar surface area (TPSA) is 90.1 Å². The summed E-state index contributed by atoms with van der Waals surface area (Å²) in [4.78, 5) is 31.9. The first-order chi connectivity index (χ1) is 16.8. The van der Waals surface area contributed by atoms with Crippen molar-refractivity contribution in [3.63, 3.8) is 0 Å². The lowest BCUT2D eigenvalue weighted by Gasteiger charge is -2.26. The molecule has 1 aliphatic heterocycles. The first-order valence-corrected chi connectivity index (χ1v) is 13.5. The van der Waals surface area contributed by atoms with E-state index in [9.17, 15) is 14.7 Å². The summed E-state index contributed by atoms with van der Waals surface area (Å²) in [6, 6.07) is 10.1. The van der Waals surface area contributed by atoms with E-state index in [0.29, 0.717) is 42.1 Å². The highest BCUT2D eigenvalue weighted by Gasteiger charge is 2.35. The Bertz CT molecular complexity index is 1530. The number of phenols is 1. The van der Waals surface area contributed by atoms with Gasteiger partial charge in [0.1, 0.15) is 17.5 Å². The second kappa shape index (κ2) is 10.7. The second-order valence-electron chi connectivity index (χ2n) is 7.60. The van der Waals surface area contributed by atoms with E-state index in [1.54, 1.807) is 32.1 Å². The van der Waals surface area contributed by atoms with Crippen LogP contribution in [0.25, 0.3) is 6.08 Å². The molecular weight excluding hydrogens is 647 g/mol. The van der Waals surface area contributed by atoms with Crippen molar-refractivity contribution in [2.75, 3.05) is 13.2 Å². The standard InChI is InChI=1S/C25H22BrIN2O5S/c1-4-33-18-9-7-6-8-16(18)21-20(24(32)34-5-2)13(3)28-25-29(21)23(31)19(35-25)11-14-10-15(26)12-17(27)22(14)30/h6-12,21,30H,4-5H2,1-3H3/b19-11-/t21-/m1/s1. The number of ether oxygens (including phenoxy) is 2. The Balaban J connectivity index is 2.01. The van der Waals surface area contributed by atoms with Crippen molar-refractivity contribution in [1.29, 1.82) is 0 Å². The Morgan fingerprint density at radius 3 is 2.74 bits per heavy atom. The van der Waals surface area contributed by atoms with Crippen molar-refractivity contribution in [3.8, 4) is 11.5 Å². The summed E-state index contributed by atoms with van der Waals surface area (Å²) in [7, 11) is 0. The summed E-state index contributed by atoms with van der Waals surface area (Å²) in [5, 5.41) is 10.5. The number of hydrogen-bond acceptors (Lipinski definition) is 7. The SMILES string of the molecule is CCOC(=O)C1=C(C)N=c2s/c(=C\c3cc(Br)cc(I)c3O)c(=O)n2[C@@H]1c1ccccc1OCC. The lowest BCUT2D eigenvalue weighted by molar-refractivity contribution is -0.139. The van der Waals surface area contributed by atoms with Crippen LogP contribution in [0.5, 0.6) is 11.5 Å². The molecule has 0 saturated heterocycles. The molecule has 0 unspecified atom stereocenters. The average molecular weight is 669 g/mol. The molecule has 4 rings (SSSR count). The predicted octanol–water partition coefficient (Wildman–Crippen LogP) is 4.27. The predicted molar refractivity (Wildman–Crippen MR) is 147 cm³/mol. The number of fused-ring (bicyclic) bond motifs is 1. The Morgan fingerprint density at radius 1 is 1.29 bits per heavy atom. The summed E-state index contributed by atoms with van der Waals surface area (Å²) in [6.07, 6.45) is 1.64. The molecule has 2 aromatic carbocycles. The van der Waals surface area contributed by atoms with Gasteiger partial charge in [-0.2, -0.15) is 0 Å². The fourth-order valence-electron chi connectivity index (χ4n) is 3.92. The fraction of sp³-hybridized carbons (Fsp3) is 0.240. The van der Waals surface area contributed by atoms with Gasteiger partial charge >= 0.3 is 5.97 Å². The molecule has 35 heavy (non-hydrogen) atoms. The molecule has 0 fully saturated rings. The van der Waals surface area contributed by atoms with Gasteiger partial charge in [0, 0.05) is 15.6 Å². The van der Waals surface area contributed by atoms with Crippen molar-refractivity contribution in [1.82, 2.24) is 4.57 Å². The molecule has 1 aliphatic rings. The number of nitrogens with zero attached hydrogens (tertiary/aromatic N) is 2. The normalized spacial score (nSPS) is 15.6. The maximum atomic E-state index is 13.8. The van der Waals surface area contributed by atoms with Gasteiger partial charge in [0.25, 0.3) is 5.56 Å². The van der Waals surface area contributed by atoms with Crippen LogP contribution in [0.15, 0.2) is 61.9 Å². The molecule has 0 bridgehead atoms. The number of benzene rings is 2. The molecule has 1 N–H and O–H groups in total. The third-order valence-corrected chi connectivity index (χ3v) is 7.64. The van der Waals surface area contributed by atoms with Crippen molar-refractivity contribution in [2.45, 2.75) is 26.8 Å². The number of phenolic OH excluding ortho intramolecular Hbond substituents is 1. The van der Waals surface area contributed by atoms with Crippen LogP contribution in [0, 0.1) is 3.57 Å². The molecule has 0 radical (unpaired) electrons. The molecule has 0 saturated carbocycles. The van der Waals surface area contributed by atoms with Crippen LogP contribution in [0.2, 0.25) is 0 Å². The van der Waals surface area contributed by atoms with Crippen molar-refractivity contribution < 1.29 is 19.4 Å². The third-order valence-electron chi connectivity index (χ3n) is 5.37. The number of para-hydroxylation sites is 1. The van der Waals surface area contributed by atoms with E-state index < -0.39 is 12.0 Å². The van der Waals surface area contributed by atoms with Crippen LogP contribution in [0.1, 0.15) is 37.9 Å². The zero-order valence-electron chi connectivity index (χ0n) is 19.2. The fourth-order valence-corrected chi connectivity index (χ4v) is 6.50. The number of esters is 1. The van der Waals surface area contributed by atoms with Gasteiger partial charge in [0.2, 0.25) is 0 Å². The zero-order chi connectivity index (χ0) is 25.3. The number of allylic oxidation sites excluding steroid dienone is 1. The number of thiazole rings is 1. The van der Waals surface area contributed by atoms with Gasteiger partial charge in [0.15, 0.2) is 4.80 Å².